The number of ether oxygens (including phenoxy) is 3. The maximum atomic E-state index is 12.1. The van der Waals surface area contributed by atoms with E-state index in [1.165, 1.54) is 0 Å². The molecular formula is C21H28O9. The minimum Gasteiger partial charge on any atom is -0.458 e. The van der Waals surface area contributed by atoms with Crippen molar-refractivity contribution in [2.24, 2.45) is 17.8 Å². The van der Waals surface area contributed by atoms with E-state index < -0.39 is 61.6 Å². The van der Waals surface area contributed by atoms with Gasteiger partial charge in [-0.25, -0.2) is 4.79 Å². The van der Waals surface area contributed by atoms with E-state index in [4.69, 9.17) is 14.2 Å². The second-order valence-corrected chi connectivity index (χ2v) is 8.59. The standard InChI is InChI=1S/C21H28O9/c1-7-10-5-13(28-21-18(26)17(25)16(24)14(6-22)29-21)9(3)15(10)19-11(4-12(7)23)8(2)20(27)30-19/h10-19,21-26H,1-6H2/t10-,11-,12-,13-,14+,15-,16+,17-,18+,19-,21+/m0/s1. The van der Waals surface area contributed by atoms with Gasteiger partial charge in [-0.2, -0.15) is 0 Å². The van der Waals surface area contributed by atoms with Crippen molar-refractivity contribution in [3.05, 3.63) is 36.5 Å². The van der Waals surface area contributed by atoms with Crippen molar-refractivity contribution in [3.63, 3.8) is 0 Å². The molecule has 4 fully saturated rings. The fraction of sp³-hybridized carbons (Fsp3) is 0.667. The molecule has 0 aromatic heterocycles. The van der Waals surface area contributed by atoms with Crippen LogP contribution in [0.25, 0.3) is 0 Å². The predicted molar refractivity (Wildman–Crippen MR) is 102 cm³/mol. The highest BCUT2D eigenvalue weighted by atomic mass is 16.7. The van der Waals surface area contributed by atoms with Crippen LogP contribution in [0.5, 0.6) is 0 Å². The largest absolute Gasteiger partial charge is 0.458 e. The molecule has 0 spiro atoms. The molecule has 9 nitrogen and oxygen atoms in total. The maximum Gasteiger partial charge on any atom is 0.334 e. The third kappa shape index (κ3) is 3.25. The minimum atomic E-state index is -1.55. The lowest BCUT2D eigenvalue weighted by Crippen LogP contribution is -2.59. The Morgan fingerprint density at radius 2 is 1.67 bits per heavy atom. The van der Waals surface area contributed by atoms with E-state index in [-0.39, 0.29) is 17.8 Å². The Labute approximate surface area is 173 Å². The molecule has 0 amide bonds. The molecule has 2 aliphatic carbocycles. The Morgan fingerprint density at radius 3 is 2.33 bits per heavy atom. The molecule has 166 valence electrons. The third-order valence-corrected chi connectivity index (χ3v) is 6.97. The Morgan fingerprint density at radius 1 is 0.967 bits per heavy atom. The second kappa shape index (κ2) is 7.83. The highest BCUT2D eigenvalue weighted by Gasteiger charge is 2.56. The molecule has 4 rings (SSSR count). The van der Waals surface area contributed by atoms with Crippen LogP contribution in [-0.2, 0) is 19.0 Å². The van der Waals surface area contributed by atoms with Gasteiger partial charge in [-0.15, -0.1) is 0 Å². The number of hydrogen-bond acceptors (Lipinski definition) is 9. The van der Waals surface area contributed by atoms with Gasteiger partial charge in [-0.3, -0.25) is 0 Å². The smallest absolute Gasteiger partial charge is 0.334 e. The summed E-state index contributed by atoms with van der Waals surface area (Å²) >= 11 is 0. The predicted octanol–water partition coefficient (Wildman–Crippen LogP) is -1.22. The monoisotopic (exact) mass is 424 g/mol. The molecular weight excluding hydrogens is 396 g/mol. The van der Waals surface area contributed by atoms with Gasteiger partial charge in [-0.05, 0) is 29.9 Å². The molecule has 0 aromatic rings. The molecule has 0 bridgehead atoms. The van der Waals surface area contributed by atoms with Crippen LogP contribution in [0.4, 0.5) is 0 Å². The summed E-state index contributed by atoms with van der Waals surface area (Å²) in [6, 6.07) is 0. The molecule has 2 heterocycles. The average molecular weight is 424 g/mol. The van der Waals surface area contributed by atoms with Crippen molar-refractivity contribution in [2.45, 2.75) is 61.9 Å². The number of fused-ring (bicyclic) bond motifs is 3. The van der Waals surface area contributed by atoms with Crippen LogP contribution in [0.15, 0.2) is 36.5 Å². The van der Waals surface area contributed by atoms with E-state index >= 15 is 0 Å². The van der Waals surface area contributed by atoms with Crippen LogP contribution in [0, 0.1) is 17.8 Å². The van der Waals surface area contributed by atoms with Gasteiger partial charge in [0.05, 0.1) is 18.8 Å². The van der Waals surface area contributed by atoms with Gasteiger partial charge in [0, 0.05) is 17.4 Å². The number of aliphatic hydroxyl groups excluding tert-OH is 5. The van der Waals surface area contributed by atoms with Gasteiger partial charge >= 0.3 is 5.97 Å². The van der Waals surface area contributed by atoms with E-state index in [1.54, 1.807) is 0 Å². The van der Waals surface area contributed by atoms with E-state index in [0.717, 1.165) is 0 Å². The number of aliphatic hydroxyl groups is 5. The van der Waals surface area contributed by atoms with Gasteiger partial charge in [0.2, 0.25) is 0 Å². The second-order valence-electron chi connectivity index (χ2n) is 8.59. The lowest BCUT2D eigenvalue weighted by molar-refractivity contribution is -0.308. The Hall–Kier alpha value is -1.59. The zero-order chi connectivity index (χ0) is 21.9. The summed E-state index contributed by atoms with van der Waals surface area (Å²) in [5, 5.41) is 50.2. The van der Waals surface area contributed by atoms with Crippen LogP contribution in [0.3, 0.4) is 0 Å². The Bertz CT molecular complexity index is 762. The summed E-state index contributed by atoms with van der Waals surface area (Å²) in [6.45, 7) is 11.4. The first-order valence-electron chi connectivity index (χ1n) is 10.1. The summed E-state index contributed by atoms with van der Waals surface area (Å²) in [5.74, 6) is -1.47. The quantitative estimate of drug-likeness (QED) is 0.214. The van der Waals surface area contributed by atoms with Crippen molar-refractivity contribution >= 4 is 5.97 Å². The summed E-state index contributed by atoms with van der Waals surface area (Å²) < 4.78 is 16.9. The lowest BCUT2D eigenvalue weighted by atomic mass is 9.82. The number of hydrogen-bond donors (Lipinski definition) is 5. The van der Waals surface area contributed by atoms with Crippen molar-refractivity contribution < 1.29 is 44.5 Å². The lowest BCUT2D eigenvalue weighted by Gasteiger charge is -2.40. The number of rotatable bonds is 3. The first-order valence-corrected chi connectivity index (χ1v) is 10.1. The molecule has 11 atom stereocenters. The van der Waals surface area contributed by atoms with Gasteiger partial charge in [0.15, 0.2) is 6.29 Å². The summed E-state index contributed by atoms with van der Waals surface area (Å²) in [5.41, 5.74) is 1.52. The van der Waals surface area contributed by atoms with E-state index in [1.807, 2.05) is 0 Å². The fourth-order valence-corrected chi connectivity index (χ4v) is 5.18. The van der Waals surface area contributed by atoms with E-state index in [0.29, 0.717) is 29.6 Å². The zero-order valence-electron chi connectivity index (χ0n) is 16.5. The van der Waals surface area contributed by atoms with Crippen molar-refractivity contribution in [3.8, 4) is 0 Å². The SMILES string of the molecule is C=C1[C@@H]2[C@H]3OC(=O)C(=C)[C@@H]3C[C@H](O)C(=C)[C@@H]2C[C@@H]1O[C@@H]1O[C@H](CO)[C@@H](O)[C@H](O)[C@H]1O. The Kier molecular flexibility index (Phi) is 5.65. The van der Waals surface area contributed by atoms with Crippen LogP contribution in [-0.4, -0.2) is 87.1 Å². The normalized spacial score (nSPS) is 48.9. The highest BCUT2D eigenvalue weighted by Crippen LogP contribution is 2.53. The average Bonchev–Trinajstić information content (AvgIpc) is 3.15. The molecule has 30 heavy (non-hydrogen) atoms. The van der Waals surface area contributed by atoms with Crippen LogP contribution in [0.1, 0.15) is 12.8 Å². The zero-order valence-corrected chi connectivity index (χ0v) is 16.5. The van der Waals surface area contributed by atoms with Gasteiger partial charge in [0.1, 0.15) is 30.5 Å². The minimum absolute atomic E-state index is 0.268. The maximum absolute atomic E-state index is 12.1. The molecule has 0 aromatic carbocycles. The van der Waals surface area contributed by atoms with E-state index in [9.17, 15) is 30.3 Å². The summed E-state index contributed by atoms with van der Waals surface area (Å²) in [4.78, 5) is 12.1. The van der Waals surface area contributed by atoms with Crippen molar-refractivity contribution in [2.75, 3.05) is 6.61 Å². The molecule has 2 saturated heterocycles. The van der Waals surface area contributed by atoms with Gasteiger partial charge in [0.25, 0.3) is 0 Å². The molecule has 0 unspecified atom stereocenters. The molecule has 2 aliphatic heterocycles. The fourth-order valence-electron chi connectivity index (χ4n) is 5.18. The third-order valence-electron chi connectivity index (χ3n) is 6.97. The molecule has 0 radical (unpaired) electrons. The van der Waals surface area contributed by atoms with Gasteiger partial charge in [-0.1, -0.05) is 19.7 Å². The molecule has 4 aliphatic rings. The molecule has 2 saturated carbocycles. The van der Waals surface area contributed by atoms with Crippen molar-refractivity contribution in [1.82, 2.24) is 0 Å². The first-order chi connectivity index (χ1) is 14.1. The van der Waals surface area contributed by atoms with Crippen LogP contribution < -0.4 is 0 Å². The first kappa shape index (κ1) is 21.6. The topological polar surface area (TPSA) is 146 Å². The van der Waals surface area contributed by atoms with E-state index in [2.05, 4.69) is 19.7 Å². The molecule has 5 N–H and O–H groups in total. The van der Waals surface area contributed by atoms with Gasteiger partial charge < -0.3 is 39.7 Å². The van der Waals surface area contributed by atoms with Crippen LogP contribution in [0.2, 0.25) is 0 Å². The highest BCUT2D eigenvalue weighted by molar-refractivity contribution is 5.91. The number of esters is 1. The summed E-state index contributed by atoms with van der Waals surface area (Å²) in [6.07, 6.45) is -8.33. The number of carbonyl (C=O) groups excluding carboxylic acids is 1. The molecule has 9 heteroatoms. The summed E-state index contributed by atoms with van der Waals surface area (Å²) in [7, 11) is 0. The number of carbonyl (C=O) groups is 1. The van der Waals surface area contributed by atoms with Crippen molar-refractivity contribution in [1.29, 1.82) is 0 Å². The van der Waals surface area contributed by atoms with Crippen LogP contribution >= 0.6 is 0 Å². The Balaban J connectivity index is 1.57.